The summed E-state index contributed by atoms with van der Waals surface area (Å²) in [5.74, 6) is -0.430. The highest BCUT2D eigenvalue weighted by molar-refractivity contribution is 6.43. The van der Waals surface area contributed by atoms with Crippen LogP contribution in [0.3, 0.4) is 0 Å². The average Bonchev–Trinajstić information content (AvgIpc) is 2.98. The second kappa shape index (κ2) is 13.3. The molecule has 0 spiro atoms. The van der Waals surface area contributed by atoms with Gasteiger partial charge < -0.3 is 19.5 Å². The lowest BCUT2D eigenvalue weighted by Crippen LogP contribution is -2.39. The summed E-state index contributed by atoms with van der Waals surface area (Å²) in [6, 6.07) is 10.5. The largest absolute Gasteiger partial charge is 0.495 e. The van der Waals surface area contributed by atoms with Crippen molar-refractivity contribution < 1.29 is 19.4 Å². The van der Waals surface area contributed by atoms with Gasteiger partial charge in [-0.15, -0.1) is 0 Å². The fourth-order valence-corrected chi connectivity index (χ4v) is 7.23. The van der Waals surface area contributed by atoms with Gasteiger partial charge in [-0.25, -0.2) is 4.79 Å². The van der Waals surface area contributed by atoms with Crippen LogP contribution in [-0.2, 0) is 29.0 Å². The van der Waals surface area contributed by atoms with Gasteiger partial charge >= 0.3 is 5.97 Å². The predicted octanol–water partition coefficient (Wildman–Crippen LogP) is 8.81. The molecular formula is C37H47Cl2N3O4. The highest BCUT2D eigenvalue weighted by atomic mass is 35.5. The van der Waals surface area contributed by atoms with Gasteiger partial charge in [-0.05, 0) is 87.6 Å². The number of halogens is 2. The number of carboxylic acids is 1. The molecule has 1 fully saturated rings. The zero-order chi connectivity index (χ0) is 33.6. The van der Waals surface area contributed by atoms with Crippen LogP contribution in [0.4, 0.5) is 5.69 Å². The molecule has 2 aliphatic heterocycles. The zero-order valence-corrected chi connectivity index (χ0v) is 29.9. The van der Waals surface area contributed by atoms with Crippen LogP contribution in [-0.4, -0.2) is 53.3 Å². The molecule has 1 atom stereocenters. The van der Waals surface area contributed by atoms with Crippen LogP contribution in [0, 0.1) is 19.3 Å². The van der Waals surface area contributed by atoms with Crippen molar-refractivity contribution in [3.8, 4) is 16.9 Å². The number of aliphatic carboxylic acids is 1. The number of aromatic nitrogens is 1. The number of benzene rings is 2. The van der Waals surface area contributed by atoms with Crippen molar-refractivity contribution in [1.82, 2.24) is 9.88 Å². The second-order valence-electron chi connectivity index (χ2n) is 14.5. The summed E-state index contributed by atoms with van der Waals surface area (Å²) < 4.78 is 11.6. The molecule has 7 nitrogen and oxygen atoms in total. The first-order valence-electron chi connectivity index (χ1n) is 16.1. The smallest absolute Gasteiger partial charge is 0.337 e. The van der Waals surface area contributed by atoms with Crippen molar-refractivity contribution in [2.24, 2.45) is 5.41 Å². The summed E-state index contributed by atoms with van der Waals surface area (Å²) in [6.07, 6.45) is 1.79. The third-order valence-corrected chi connectivity index (χ3v) is 10.2. The molecular weight excluding hydrogens is 621 g/mol. The van der Waals surface area contributed by atoms with E-state index in [0.717, 1.165) is 73.5 Å². The van der Waals surface area contributed by atoms with E-state index >= 15 is 0 Å². The van der Waals surface area contributed by atoms with E-state index in [-0.39, 0.29) is 5.41 Å². The predicted molar refractivity (Wildman–Crippen MR) is 186 cm³/mol. The van der Waals surface area contributed by atoms with Gasteiger partial charge in [-0.1, -0.05) is 61.3 Å². The molecule has 2 aromatic carbocycles. The fraction of sp³-hybridized carbons (Fsp3) is 0.514. The number of nitrogens with zero attached hydrogens (tertiary/aromatic N) is 3. The van der Waals surface area contributed by atoms with Crippen molar-refractivity contribution in [1.29, 1.82) is 0 Å². The molecule has 1 unspecified atom stereocenters. The standard InChI is InChI=1S/C37H47Cl2N3O4/c1-22-29(25-9-10-26-20-41(16-13-24(26)19-25)21-27-11-12-28(45-8)32(39)31(27)38)33(42-17-14-37(6,7)15-18-42)30(23(2)40-22)34(35(43)44)46-36(3,4)5/h9-12,19,34H,13-18,20-21H2,1-8H3,(H,43,44). The Morgan fingerprint density at radius 2 is 1.72 bits per heavy atom. The second-order valence-corrected chi connectivity index (χ2v) is 15.3. The van der Waals surface area contributed by atoms with Gasteiger partial charge in [0.1, 0.15) is 10.8 Å². The van der Waals surface area contributed by atoms with Crippen molar-refractivity contribution >= 4 is 34.9 Å². The quantitative estimate of drug-likeness (QED) is 0.257. The van der Waals surface area contributed by atoms with Gasteiger partial charge in [-0.2, -0.15) is 0 Å². The number of ether oxygens (including phenoxy) is 2. The molecule has 1 saturated heterocycles. The molecule has 3 aromatic rings. The molecule has 0 amide bonds. The van der Waals surface area contributed by atoms with Gasteiger partial charge in [0.2, 0.25) is 0 Å². The topological polar surface area (TPSA) is 75.1 Å². The summed E-state index contributed by atoms with van der Waals surface area (Å²) in [6.45, 7) is 18.3. The van der Waals surface area contributed by atoms with Crippen LogP contribution in [0.15, 0.2) is 30.3 Å². The van der Waals surface area contributed by atoms with Crippen LogP contribution in [0.2, 0.25) is 10.0 Å². The van der Waals surface area contributed by atoms with Crippen molar-refractivity contribution in [2.75, 3.05) is 31.6 Å². The van der Waals surface area contributed by atoms with Gasteiger partial charge in [0.05, 0.1) is 23.4 Å². The molecule has 0 bridgehead atoms. The first-order chi connectivity index (χ1) is 21.6. The summed E-state index contributed by atoms with van der Waals surface area (Å²) in [5.41, 5.74) is 8.36. The molecule has 2 aliphatic rings. The van der Waals surface area contributed by atoms with E-state index in [2.05, 4.69) is 41.8 Å². The Labute approximate surface area is 283 Å². The normalized spacial score (nSPS) is 17.5. The van der Waals surface area contributed by atoms with Gasteiger partial charge in [0.25, 0.3) is 0 Å². The maximum atomic E-state index is 12.8. The van der Waals surface area contributed by atoms with E-state index in [1.54, 1.807) is 7.11 Å². The Hall–Kier alpha value is -2.84. The molecule has 0 radical (unpaired) electrons. The van der Waals surface area contributed by atoms with Crippen molar-refractivity contribution in [2.45, 2.75) is 92.5 Å². The number of carbonyl (C=O) groups is 1. The number of piperidine rings is 1. The van der Waals surface area contributed by atoms with Gasteiger partial charge in [0, 0.05) is 55.2 Å². The number of hydrogen-bond acceptors (Lipinski definition) is 6. The minimum atomic E-state index is -1.14. The van der Waals surface area contributed by atoms with Gasteiger partial charge in [-0.3, -0.25) is 9.88 Å². The molecule has 3 heterocycles. The third-order valence-electron chi connectivity index (χ3n) is 9.30. The molecule has 248 valence electrons. The summed E-state index contributed by atoms with van der Waals surface area (Å²) in [4.78, 5) is 22.5. The number of fused-ring (bicyclic) bond motifs is 1. The number of pyridine rings is 1. The highest BCUT2D eigenvalue weighted by Gasteiger charge is 2.36. The zero-order valence-electron chi connectivity index (χ0n) is 28.4. The van der Waals surface area contributed by atoms with E-state index < -0.39 is 17.7 Å². The maximum absolute atomic E-state index is 12.8. The summed E-state index contributed by atoms with van der Waals surface area (Å²) >= 11 is 13.0. The monoisotopic (exact) mass is 667 g/mol. The SMILES string of the molecule is COc1ccc(CN2CCc3cc(-c4c(C)nc(C)c(C(OC(C)(C)C)C(=O)O)c4N4CCC(C)(C)CC4)ccc3C2)c(Cl)c1Cl. The number of rotatable bonds is 8. The number of carboxylic acid groups (broad SMARTS) is 1. The Morgan fingerprint density at radius 3 is 2.35 bits per heavy atom. The van der Waals surface area contributed by atoms with E-state index in [9.17, 15) is 9.90 Å². The first-order valence-corrected chi connectivity index (χ1v) is 16.9. The minimum Gasteiger partial charge on any atom is -0.495 e. The molecule has 9 heteroatoms. The van der Waals surface area contributed by atoms with Gasteiger partial charge in [0.15, 0.2) is 6.10 Å². The number of hydrogen-bond donors (Lipinski definition) is 1. The van der Waals surface area contributed by atoms with E-state index in [1.165, 1.54) is 11.1 Å². The average molecular weight is 669 g/mol. The third kappa shape index (κ3) is 7.33. The Morgan fingerprint density at radius 1 is 1.02 bits per heavy atom. The Kier molecular flexibility index (Phi) is 10.0. The molecule has 1 aromatic heterocycles. The van der Waals surface area contributed by atoms with E-state index in [1.807, 2.05) is 46.8 Å². The molecule has 0 saturated carbocycles. The maximum Gasteiger partial charge on any atom is 0.337 e. The number of methoxy groups -OCH3 is 1. The van der Waals surface area contributed by atoms with Crippen molar-refractivity contribution in [3.05, 3.63) is 74.0 Å². The lowest BCUT2D eigenvalue weighted by Gasteiger charge is -2.41. The molecule has 46 heavy (non-hydrogen) atoms. The van der Waals surface area contributed by atoms with Crippen LogP contribution in [0.5, 0.6) is 5.75 Å². The van der Waals surface area contributed by atoms with Crippen LogP contribution in [0.25, 0.3) is 11.1 Å². The number of anilines is 1. The summed E-state index contributed by atoms with van der Waals surface area (Å²) in [7, 11) is 1.59. The van der Waals surface area contributed by atoms with Crippen LogP contribution >= 0.6 is 23.2 Å². The number of aryl methyl sites for hydroxylation is 2. The van der Waals surface area contributed by atoms with Crippen LogP contribution in [0.1, 0.15) is 87.2 Å². The Balaban J connectivity index is 1.54. The highest BCUT2D eigenvalue weighted by Crippen LogP contribution is 2.45. The molecule has 1 N–H and O–H groups in total. The molecule has 5 rings (SSSR count). The van der Waals surface area contributed by atoms with E-state index in [4.69, 9.17) is 37.7 Å². The lowest BCUT2D eigenvalue weighted by molar-refractivity contribution is -0.160. The summed E-state index contributed by atoms with van der Waals surface area (Å²) in [5, 5.41) is 11.5. The minimum absolute atomic E-state index is 0.237. The van der Waals surface area contributed by atoms with Crippen molar-refractivity contribution in [3.63, 3.8) is 0 Å². The fourth-order valence-electron chi connectivity index (χ4n) is 6.75. The van der Waals surface area contributed by atoms with Crippen LogP contribution < -0.4 is 9.64 Å². The lowest BCUT2D eigenvalue weighted by atomic mass is 9.81. The Bertz CT molecular complexity index is 1620. The first kappa shape index (κ1) is 34.5. The molecule has 0 aliphatic carbocycles. The van der Waals surface area contributed by atoms with E-state index in [0.29, 0.717) is 33.6 Å².